The van der Waals surface area contributed by atoms with Gasteiger partial charge in [0.2, 0.25) is 0 Å². The number of aliphatic hydroxyl groups excluding tert-OH is 1. The predicted molar refractivity (Wildman–Crippen MR) is 63.0 cm³/mol. The Labute approximate surface area is 91.8 Å². The molecule has 1 aromatic rings. The van der Waals surface area contributed by atoms with Gasteiger partial charge in [0.05, 0.1) is 6.10 Å². The summed E-state index contributed by atoms with van der Waals surface area (Å²) in [6.07, 6.45) is 2.39. The van der Waals surface area contributed by atoms with Gasteiger partial charge in [-0.1, -0.05) is 6.92 Å². The van der Waals surface area contributed by atoms with Gasteiger partial charge in [0, 0.05) is 19.3 Å². The van der Waals surface area contributed by atoms with Crippen molar-refractivity contribution < 1.29 is 5.11 Å². The second kappa shape index (κ2) is 5.12. The smallest absolute Gasteiger partial charge is 0.128 e. The molecule has 1 heterocycles. The largest absolute Gasteiger partial charge is 0.389 e. The lowest BCUT2D eigenvalue weighted by atomic mass is 10.1. The van der Waals surface area contributed by atoms with Gasteiger partial charge in [-0.2, -0.15) is 0 Å². The number of hydrogen-bond donors (Lipinski definition) is 1. The number of anilines is 1. The fourth-order valence-electron chi connectivity index (χ4n) is 1.39. The number of hydrogen-bond acceptors (Lipinski definition) is 3. The van der Waals surface area contributed by atoms with Crippen LogP contribution in [0.25, 0.3) is 0 Å². The summed E-state index contributed by atoms with van der Waals surface area (Å²) in [5, 5.41) is 9.48. The summed E-state index contributed by atoms with van der Waals surface area (Å²) < 4.78 is 0. The highest BCUT2D eigenvalue weighted by Crippen LogP contribution is 2.19. The van der Waals surface area contributed by atoms with Crippen molar-refractivity contribution in [2.24, 2.45) is 0 Å². The maximum atomic E-state index is 9.48. The van der Waals surface area contributed by atoms with E-state index < -0.39 is 6.10 Å². The van der Waals surface area contributed by atoms with E-state index in [0.29, 0.717) is 6.04 Å². The highest BCUT2D eigenvalue weighted by atomic mass is 16.3. The molecule has 2 atom stereocenters. The van der Waals surface area contributed by atoms with Crippen molar-refractivity contribution in [2.45, 2.75) is 39.3 Å². The third kappa shape index (κ3) is 2.93. The highest BCUT2D eigenvalue weighted by molar-refractivity contribution is 5.41. The summed E-state index contributed by atoms with van der Waals surface area (Å²) in [7, 11) is 2.03. The second-order valence-corrected chi connectivity index (χ2v) is 3.99. The first-order valence-electron chi connectivity index (χ1n) is 5.43. The zero-order valence-corrected chi connectivity index (χ0v) is 9.94. The van der Waals surface area contributed by atoms with Crippen LogP contribution in [0.4, 0.5) is 5.82 Å². The average molecular weight is 208 g/mol. The molecule has 0 saturated heterocycles. The highest BCUT2D eigenvalue weighted by Gasteiger charge is 2.10. The molecular weight excluding hydrogens is 188 g/mol. The van der Waals surface area contributed by atoms with Crippen LogP contribution < -0.4 is 4.90 Å². The van der Waals surface area contributed by atoms with Crippen LogP contribution in [0.2, 0.25) is 0 Å². The molecule has 0 amide bonds. The van der Waals surface area contributed by atoms with Gasteiger partial charge in [-0.25, -0.2) is 4.98 Å². The van der Waals surface area contributed by atoms with Crippen molar-refractivity contribution >= 4 is 5.82 Å². The summed E-state index contributed by atoms with van der Waals surface area (Å²) in [6, 6.07) is 4.25. The Morgan fingerprint density at radius 2 is 2.13 bits per heavy atom. The molecule has 0 saturated carbocycles. The van der Waals surface area contributed by atoms with Crippen molar-refractivity contribution in [3.05, 3.63) is 23.9 Å². The molecule has 15 heavy (non-hydrogen) atoms. The van der Waals surface area contributed by atoms with Crippen LogP contribution in [0.5, 0.6) is 0 Å². The molecule has 1 rings (SSSR count). The zero-order valence-electron chi connectivity index (χ0n) is 9.94. The Kier molecular flexibility index (Phi) is 4.09. The Morgan fingerprint density at radius 1 is 1.47 bits per heavy atom. The molecule has 0 bridgehead atoms. The van der Waals surface area contributed by atoms with E-state index in [1.807, 2.05) is 19.2 Å². The number of nitrogens with zero attached hydrogens (tertiary/aromatic N) is 2. The molecule has 1 N–H and O–H groups in total. The lowest BCUT2D eigenvalue weighted by Gasteiger charge is -2.25. The molecule has 0 spiro atoms. The summed E-state index contributed by atoms with van der Waals surface area (Å²) in [6.45, 7) is 6.08. The minimum absolute atomic E-state index is 0.433. The van der Waals surface area contributed by atoms with Gasteiger partial charge in [-0.15, -0.1) is 0 Å². The Morgan fingerprint density at radius 3 is 2.67 bits per heavy atom. The number of pyridine rings is 1. The maximum Gasteiger partial charge on any atom is 0.128 e. The summed E-state index contributed by atoms with van der Waals surface area (Å²) in [5.41, 5.74) is 0.912. The van der Waals surface area contributed by atoms with Crippen LogP contribution in [-0.4, -0.2) is 23.2 Å². The van der Waals surface area contributed by atoms with E-state index in [2.05, 4.69) is 23.7 Å². The lowest BCUT2D eigenvalue weighted by Crippen LogP contribution is -2.28. The van der Waals surface area contributed by atoms with Crippen LogP contribution in [0, 0.1) is 0 Å². The monoisotopic (exact) mass is 208 g/mol. The summed E-state index contributed by atoms with van der Waals surface area (Å²) >= 11 is 0. The number of rotatable bonds is 4. The van der Waals surface area contributed by atoms with Crippen molar-refractivity contribution in [3.8, 4) is 0 Å². The van der Waals surface area contributed by atoms with Crippen molar-refractivity contribution in [2.75, 3.05) is 11.9 Å². The van der Waals surface area contributed by atoms with Gasteiger partial charge >= 0.3 is 0 Å². The van der Waals surface area contributed by atoms with E-state index in [1.165, 1.54) is 0 Å². The Bertz CT molecular complexity index is 312. The molecule has 0 aliphatic heterocycles. The topological polar surface area (TPSA) is 36.4 Å². The van der Waals surface area contributed by atoms with Gasteiger partial charge in [0.25, 0.3) is 0 Å². The van der Waals surface area contributed by atoms with Crippen LogP contribution in [-0.2, 0) is 0 Å². The van der Waals surface area contributed by atoms with Crippen molar-refractivity contribution in [1.29, 1.82) is 0 Å². The van der Waals surface area contributed by atoms with Crippen LogP contribution in [0.3, 0.4) is 0 Å². The molecule has 0 radical (unpaired) electrons. The van der Waals surface area contributed by atoms with Crippen LogP contribution in [0.15, 0.2) is 18.3 Å². The van der Waals surface area contributed by atoms with E-state index in [0.717, 1.165) is 17.8 Å². The third-order valence-electron chi connectivity index (χ3n) is 2.87. The Balaban J connectivity index is 2.90. The van der Waals surface area contributed by atoms with Crippen molar-refractivity contribution in [3.63, 3.8) is 0 Å². The van der Waals surface area contributed by atoms with Gasteiger partial charge in [0.1, 0.15) is 5.82 Å². The SMILES string of the molecule is CCC(C)N(C)c1cc(C(C)O)ccn1. The molecule has 0 fully saturated rings. The molecule has 0 aromatic carbocycles. The van der Waals surface area contributed by atoms with Crippen LogP contribution >= 0.6 is 0 Å². The van der Waals surface area contributed by atoms with E-state index >= 15 is 0 Å². The molecule has 3 nitrogen and oxygen atoms in total. The average Bonchev–Trinajstić information content (AvgIpc) is 2.27. The standard InChI is InChI=1S/C12H20N2O/c1-5-9(2)14(4)12-8-11(10(3)15)6-7-13-12/h6-10,15H,5H2,1-4H3. The Hall–Kier alpha value is -1.09. The first-order chi connectivity index (χ1) is 7.06. The molecule has 1 aromatic heterocycles. The quantitative estimate of drug-likeness (QED) is 0.825. The van der Waals surface area contributed by atoms with Gasteiger partial charge in [-0.05, 0) is 38.0 Å². The maximum absolute atomic E-state index is 9.48. The van der Waals surface area contributed by atoms with Gasteiger partial charge in [-0.3, -0.25) is 0 Å². The lowest BCUT2D eigenvalue weighted by molar-refractivity contribution is 0.199. The molecular formula is C12H20N2O. The second-order valence-electron chi connectivity index (χ2n) is 3.99. The van der Waals surface area contributed by atoms with Crippen LogP contribution in [0.1, 0.15) is 38.9 Å². The predicted octanol–water partition coefficient (Wildman–Crippen LogP) is 2.37. The van der Waals surface area contributed by atoms with Crippen molar-refractivity contribution in [1.82, 2.24) is 4.98 Å². The molecule has 84 valence electrons. The fraction of sp³-hybridized carbons (Fsp3) is 0.583. The molecule has 0 aliphatic carbocycles. The van der Waals surface area contributed by atoms with E-state index in [4.69, 9.17) is 0 Å². The van der Waals surface area contributed by atoms with E-state index in [9.17, 15) is 5.11 Å². The molecule has 3 heteroatoms. The first-order valence-corrected chi connectivity index (χ1v) is 5.43. The zero-order chi connectivity index (χ0) is 11.4. The molecule has 0 aliphatic rings. The van der Waals surface area contributed by atoms with E-state index in [1.54, 1.807) is 13.1 Å². The fourth-order valence-corrected chi connectivity index (χ4v) is 1.39. The molecule has 2 unspecified atom stereocenters. The van der Waals surface area contributed by atoms with Gasteiger partial charge < -0.3 is 10.0 Å². The van der Waals surface area contributed by atoms with Gasteiger partial charge in [0.15, 0.2) is 0 Å². The first kappa shape index (κ1) is 12.0. The summed E-state index contributed by atoms with van der Waals surface area (Å²) in [5.74, 6) is 0.919. The number of aliphatic hydroxyl groups is 1. The summed E-state index contributed by atoms with van der Waals surface area (Å²) in [4.78, 5) is 6.44. The minimum Gasteiger partial charge on any atom is -0.389 e. The number of aromatic nitrogens is 1. The normalized spacial score (nSPS) is 14.7. The van der Waals surface area contributed by atoms with E-state index in [-0.39, 0.29) is 0 Å². The minimum atomic E-state index is -0.433. The third-order valence-corrected chi connectivity index (χ3v) is 2.87.